The van der Waals surface area contributed by atoms with E-state index >= 15 is 0 Å². The normalized spacial score (nSPS) is 10.2. The number of hydrogen-bond acceptors (Lipinski definition) is 2. The van der Waals surface area contributed by atoms with E-state index < -0.39 is 0 Å². The molecule has 0 aliphatic carbocycles. The molecule has 0 amide bonds. The van der Waals surface area contributed by atoms with Gasteiger partial charge in [-0.2, -0.15) is 0 Å². The van der Waals surface area contributed by atoms with Gasteiger partial charge in [-0.15, -0.1) is 0 Å². The monoisotopic (exact) mass is 138 g/mol. The van der Waals surface area contributed by atoms with Crippen LogP contribution in [0.3, 0.4) is 0 Å². The molecule has 2 nitrogen and oxygen atoms in total. The zero-order chi connectivity index (χ0) is 7.98. The predicted octanol–water partition coefficient (Wildman–Crippen LogP) is 2.06. The highest BCUT2D eigenvalue weighted by molar-refractivity contribution is 6.27. The van der Waals surface area contributed by atoms with E-state index in [0.717, 1.165) is 12.0 Å². The van der Waals surface area contributed by atoms with Crippen molar-refractivity contribution in [3.63, 3.8) is 0 Å². The second-order valence-electron chi connectivity index (χ2n) is 2.26. The number of nitrogens with one attached hydrogen (secondary N) is 1. The highest BCUT2D eigenvalue weighted by Crippen LogP contribution is 1.94. The molecule has 0 bridgehead atoms. The number of hydrogen-bond donors (Lipinski definition) is 1. The molecule has 0 aliphatic rings. The third-order valence-corrected chi connectivity index (χ3v) is 1.10. The summed E-state index contributed by atoms with van der Waals surface area (Å²) in [6.45, 7) is 8.20. The Hall–Kier alpha value is -0.920. The van der Waals surface area contributed by atoms with Crippen molar-refractivity contribution in [1.82, 2.24) is 0 Å². The van der Waals surface area contributed by atoms with Crippen LogP contribution in [-0.4, -0.2) is 18.5 Å². The van der Waals surface area contributed by atoms with Crippen LogP contribution >= 0.6 is 0 Å². The first-order valence-electron chi connectivity index (χ1n) is 3.38. The Labute approximate surface area is 62.2 Å². The van der Waals surface area contributed by atoms with Gasteiger partial charge in [-0.1, -0.05) is 19.1 Å². The van der Waals surface area contributed by atoms with Gasteiger partial charge in [-0.25, -0.2) is 0 Å². The molecular weight excluding hydrogens is 124 g/mol. The van der Waals surface area contributed by atoms with Crippen LogP contribution < -0.4 is 0 Å². The zero-order valence-corrected chi connectivity index (χ0v) is 6.65. The third-order valence-electron chi connectivity index (χ3n) is 1.10. The fourth-order valence-corrected chi connectivity index (χ4v) is 0.423. The molecule has 0 unspecified atom stereocenters. The van der Waals surface area contributed by atoms with E-state index in [0.29, 0.717) is 12.3 Å². The SMILES string of the molecule is C=C(CC)CN=CC(C)=N. The summed E-state index contributed by atoms with van der Waals surface area (Å²) in [5.41, 5.74) is 1.60. The van der Waals surface area contributed by atoms with Crippen LogP contribution in [0, 0.1) is 5.41 Å². The second kappa shape index (κ2) is 4.91. The first kappa shape index (κ1) is 9.08. The average Bonchev–Trinajstić information content (AvgIpc) is 1.87. The molecule has 0 spiro atoms. The molecule has 56 valence electrons. The molecule has 0 saturated heterocycles. The average molecular weight is 138 g/mol. The maximum Gasteiger partial charge on any atom is 0.0597 e. The fourth-order valence-electron chi connectivity index (χ4n) is 0.423. The first-order valence-corrected chi connectivity index (χ1v) is 3.38. The van der Waals surface area contributed by atoms with E-state index in [2.05, 4.69) is 18.5 Å². The number of nitrogens with zero attached hydrogens (tertiary/aromatic N) is 1. The minimum atomic E-state index is 0.490. The smallest absolute Gasteiger partial charge is 0.0597 e. The minimum Gasteiger partial charge on any atom is -0.304 e. The van der Waals surface area contributed by atoms with Gasteiger partial charge >= 0.3 is 0 Å². The molecule has 0 heterocycles. The molecule has 2 heteroatoms. The van der Waals surface area contributed by atoms with Gasteiger partial charge in [0, 0.05) is 11.9 Å². The topological polar surface area (TPSA) is 36.2 Å². The summed E-state index contributed by atoms with van der Waals surface area (Å²) in [5, 5.41) is 7.02. The van der Waals surface area contributed by atoms with Crippen molar-refractivity contribution in [3.05, 3.63) is 12.2 Å². The van der Waals surface area contributed by atoms with Crippen LogP contribution in [0.15, 0.2) is 17.1 Å². The van der Waals surface area contributed by atoms with E-state index in [1.807, 2.05) is 0 Å². The van der Waals surface area contributed by atoms with Crippen molar-refractivity contribution in [2.75, 3.05) is 6.54 Å². The lowest BCUT2D eigenvalue weighted by Crippen LogP contribution is -1.91. The van der Waals surface area contributed by atoms with Gasteiger partial charge < -0.3 is 5.41 Å². The van der Waals surface area contributed by atoms with Crippen molar-refractivity contribution in [3.8, 4) is 0 Å². The summed E-state index contributed by atoms with van der Waals surface area (Å²) in [4.78, 5) is 3.99. The fraction of sp³-hybridized carbons (Fsp3) is 0.500. The maximum atomic E-state index is 7.02. The molecule has 0 atom stereocenters. The van der Waals surface area contributed by atoms with Gasteiger partial charge in [0.2, 0.25) is 0 Å². The summed E-state index contributed by atoms with van der Waals surface area (Å²) in [6, 6.07) is 0. The maximum absolute atomic E-state index is 7.02. The summed E-state index contributed by atoms with van der Waals surface area (Å²) < 4.78 is 0. The quantitative estimate of drug-likeness (QED) is 0.456. The standard InChI is InChI=1S/C8H14N2/c1-4-7(2)5-10-6-8(3)9/h6,9H,2,4-5H2,1,3H3. The van der Waals surface area contributed by atoms with Crippen molar-refractivity contribution >= 4 is 11.9 Å². The van der Waals surface area contributed by atoms with Gasteiger partial charge in [0.15, 0.2) is 0 Å². The molecule has 0 aliphatic heterocycles. The number of aliphatic imine (C=N–C) groups is 1. The molecule has 0 aromatic heterocycles. The van der Waals surface area contributed by atoms with Gasteiger partial charge in [-0.3, -0.25) is 4.99 Å². The Morgan fingerprint density at radius 1 is 1.70 bits per heavy atom. The first-order chi connectivity index (χ1) is 4.66. The van der Waals surface area contributed by atoms with E-state index in [9.17, 15) is 0 Å². The van der Waals surface area contributed by atoms with Crippen LogP contribution in [0.25, 0.3) is 0 Å². The van der Waals surface area contributed by atoms with Crippen molar-refractivity contribution < 1.29 is 0 Å². The number of rotatable bonds is 4. The van der Waals surface area contributed by atoms with E-state index in [4.69, 9.17) is 5.41 Å². The molecule has 1 N–H and O–H groups in total. The predicted molar refractivity (Wildman–Crippen MR) is 46.2 cm³/mol. The Kier molecular flexibility index (Phi) is 4.46. The minimum absolute atomic E-state index is 0.490. The lowest BCUT2D eigenvalue weighted by Gasteiger charge is -1.93. The molecule has 0 aromatic carbocycles. The summed E-state index contributed by atoms with van der Waals surface area (Å²) in [6.07, 6.45) is 2.52. The Morgan fingerprint density at radius 2 is 2.30 bits per heavy atom. The zero-order valence-electron chi connectivity index (χ0n) is 6.65. The molecule has 0 radical (unpaired) electrons. The van der Waals surface area contributed by atoms with Crippen molar-refractivity contribution in [2.24, 2.45) is 4.99 Å². The third kappa shape index (κ3) is 5.22. The van der Waals surface area contributed by atoms with Gasteiger partial charge in [0.05, 0.1) is 6.54 Å². The summed E-state index contributed by atoms with van der Waals surface area (Å²) in [5.74, 6) is 0. The molecule has 0 saturated carbocycles. The van der Waals surface area contributed by atoms with Gasteiger partial charge in [0.1, 0.15) is 0 Å². The van der Waals surface area contributed by atoms with Crippen LogP contribution in [0.5, 0.6) is 0 Å². The molecule has 0 fully saturated rings. The molecule has 10 heavy (non-hydrogen) atoms. The van der Waals surface area contributed by atoms with Gasteiger partial charge in [0.25, 0.3) is 0 Å². The van der Waals surface area contributed by atoms with Crippen molar-refractivity contribution in [2.45, 2.75) is 20.3 Å². The van der Waals surface area contributed by atoms with Crippen molar-refractivity contribution in [1.29, 1.82) is 5.41 Å². The summed E-state index contributed by atoms with van der Waals surface area (Å²) >= 11 is 0. The second-order valence-corrected chi connectivity index (χ2v) is 2.26. The highest BCUT2D eigenvalue weighted by Gasteiger charge is 1.84. The van der Waals surface area contributed by atoms with E-state index in [-0.39, 0.29) is 0 Å². The van der Waals surface area contributed by atoms with Crippen LogP contribution in [0.4, 0.5) is 0 Å². The summed E-state index contributed by atoms with van der Waals surface area (Å²) in [7, 11) is 0. The van der Waals surface area contributed by atoms with Crippen LogP contribution in [0.2, 0.25) is 0 Å². The van der Waals surface area contributed by atoms with Gasteiger partial charge in [-0.05, 0) is 13.3 Å². The van der Waals surface area contributed by atoms with Crippen LogP contribution in [-0.2, 0) is 0 Å². The molecular formula is C8H14N2. The Bertz CT molecular complexity index is 157. The molecule has 0 rings (SSSR count). The Balaban J connectivity index is 3.53. The Morgan fingerprint density at radius 3 is 2.70 bits per heavy atom. The van der Waals surface area contributed by atoms with E-state index in [1.165, 1.54) is 0 Å². The van der Waals surface area contributed by atoms with Crippen LogP contribution in [0.1, 0.15) is 20.3 Å². The lowest BCUT2D eigenvalue weighted by atomic mass is 10.2. The highest BCUT2D eigenvalue weighted by atomic mass is 14.7. The van der Waals surface area contributed by atoms with E-state index in [1.54, 1.807) is 13.1 Å². The molecule has 0 aromatic rings. The lowest BCUT2D eigenvalue weighted by molar-refractivity contribution is 1.02. The largest absolute Gasteiger partial charge is 0.304 e.